The van der Waals surface area contributed by atoms with Crippen LogP contribution in [0.15, 0.2) is 30.3 Å². The Hall–Kier alpha value is -1.84. The van der Waals surface area contributed by atoms with Gasteiger partial charge in [0.2, 0.25) is 11.8 Å². The Kier molecular flexibility index (Phi) is 6.20. The smallest absolute Gasteiger partial charge is 0.230 e. The van der Waals surface area contributed by atoms with Gasteiger partial charge in [-0.1, -0.05) is 25.1 Å². The van der Waals surface area contributed by atoms with E-state index in [1.54, 1.807) is 0 Å². The lowest BCUT2D eigenvalue weighted by atomic mass is 9.94. The predicted molar refractivity (Wildman–Crippen MR) is 93.3 cm³/mol. The van der Waals surface area contributed by atoms with Gasteiger partial charge in [0, 0.05) is 37.2 Å². The molecule has 0 N–H and O–H groups in total. The van der Waals surface area contributed by atoms with E-state index in [1.807, 2.05) is 60.9 Å². The average Bonchev–Trinajstić information content (AvgIpc) is 2.56. The number of amides is 2. The fourth-order valence-electron chi connectivity index (χ4n) is 3.21. The van der Waals surface area contributed by atoms with Gasteiger partial charge in [-0.15, -0.1) is 0 Å². The molecule has 1 aromatic carbocycles. The molecule has 1 aliphatic rings. The molecule has 0 saturated carbocycles. The fraction of sp³-hybridized carbons (Fsp3) is 0.579. The first-order valence-corrected chi connectivity index (χ1v) is 8.70. The average molecular weight is 316 g/mol. The summed E-state index contributed by atoms with van der Waals surface area (Å²) in [6.45, 7) is 7.52. The van der Waals surface area contributed by atoms with Gasteiger partial charge in [-0.25, -0.2) is 0 Å². The molecule has 0 radical (unpaired) electrons. The van der Waals surface area contributed by atoms with Crippen LogP contribution in [0.2, 0.25) is 0 Å². The molecule has 1 aromatic rings. The molecule has 2 amide bonds. The van der Waals surface area contributed by atoms with Crippen LogP contribution < -0.4 is 4.90 Å². The van der Waals surface area contributed by atoms with Crippen molar-refractivity contribution in [3.8, 4) is 0 Å². The Morgan fingerprint density at radius 2 is 1.78 bits per heavy atom. The van der Waals surface area contributed by atoms with Gasteiger partial charge in [-0.05, 0) is 45.2 Å². The van der Waals surface area contributed by atoms with Crippen LogP contribution in [0.25, 0.3) is 0 Å². The predicted octanol–water partition coefficient (Wildman–Crippen LogP) is 3.47. The minimum Gasteiger partial charge on any atom is -0.343 e. The number of anilines is 1. The largest absolute Gasteiger partial charge is 0.343 e. The summed E-state index contributed by atoms with van der Waals surface area (Å²) in [5, 5.41) is 0. The molecule has 0 unspecified atom stereocenters. The maximum Gasteiger partial charge on any atom is 0.230 e. The molecule has 1 aliphatic heterocycles. The van der Waals surface area contributed by atoms with Crippen molar-refractivity contribution in [3.63, 3.8) is 0 Å². The number of rotatable bonds is 5. The van der Waals surface area contributed by atoms with Crippen molar-refractivity contribution >= 4 is 17.5 Å². The van der Waals surface area contributed by atoms with E-state index < -0.39 is 0 Å². The minimum atomic E-state index is 0.0169. The van der Waals surface area contributed by atoms with Crippen molar-refractivity contribution in [1.82, 2.24) is 4.90 Å². The Morgan fingerprint density at radius 1 is 1.17 bits per heavy atom. The van der Waals surface area contributed by atoms with E-state index in [9.17, 15) is 9.59 Å². The Morgan fingerprint density at radius 3 is 2.30 bits per heavy atom. The second-order valence-corrected chi connectivity index (χ2v) is 6.54. The third-order valence-electron chi connectivity index (χ3n) is 4.45. The molecule has 1 heterocycles. The number of hydrogen-bond donors (Lipinski definition) is 0. The molecule has 0 spiro atoms. The van der Waals surface area contributed by atoms with E-state index in [4.69, 9.17) is 0 Å². The molecule has 1 fully saturated rings. The van der Waals surface area contributed by atoms with E-state index in [1.165, 1.54) is 0 Å². The summed E-state index contributed by atoms with van der Waals surface area (Å²) in [5.41, 5.74) is 0.956. The maximum atomic E-state index is 13.0. The number of carbonyl (C=O) groups excluding carboxylic acids is 2. The Labute approximate surface area is 139 Å². The first kappa shape index (κ1) is 17.5. The molecular formula is C19H28N2O2. The summed E-state index contributed by atoms with van der Waals surface area (Å²) in [5.74, 6) is 0.430. The first-order valence-electron chi connectivity index (χ1n) is 8.70. The minimum absolute atomic E-state index is 0.0169. The van der Waals surface area contributed by atoms with Crippen LogP contribution >= 0.6 is 0 Å². The summed E-state index contributed by atoms with van der Waals surface area (Å²) in [6, 6.07) is 9.98. The first-order chi connectivity index (χ1) is 11.0. The van der Waals surface area contributed by atoms with Gasteiger partial charge in [0.25, 0.3) is 0 Å². The van der Waals surface area contributed by atoms with Crippen molar-refractivity contribution in [2.45, 2.75) is 52.5 Å². The van der Waals surface area contributed by atoms with E-state index in [2.05, 4.69) is 0 Å². The third-order valence-corrected chi connectivity index (χ3v) is 4.45. The van der Waals surface area contributed by atoms with Gasteiger partial charge >= 0.3 is 0 Å². The topological polar surface area (TPSA) is 40.6 Å². The summed E-state index contributed by atoms with van der Waals surface area (Å²) in [6.07, 6.45) is 3.03. The number of likely N-dealkylation sites (tertiary alicyclic amines) is 1. The number of piperidine rings is 1. The van der Waals surface area contributed by atoms with Crippen molar-refractivity contribution in [2.75, 3.05) is 18.0 Å². The molecule has 0 atom stereocenters. The van der Waals surface area contributed by atoms with Crippen LogP contribution in [0, 0.1) is 5.92 Å². The molecule has 0 aliphatic carbocycles. The quantitative estimate of drug-likeness (QED) is 0.834. The Balaban J connectivity index is 2.01. The lowest BCUT2D eigenvalue weighted by Crippen LogP contribution is -2.46. The zero-order chi connectivity index (χ0) is 16.8. The van der Waals surface area contributed by atoms with Gasteiger partial charge in [0.05, 0.1) is 0 Å². The van der Waals surface area contributed by atoms with Crippen molar-refractivity contribution in [2.24, 2.45) is 5.92 Å². The zero-order valence-electron chi connectivity index (χ0n) is 14.5. The molecule has 4 nitrogen and oxygen atoms in total. The molecule has 0 aromatic heterocycles. The number of benzene rings is 1. The molecule has 2 rings (SSSR count). The number of nitrogens with zero attached hydrogens (tertiary/aromatic N) is 2. The van der Waals surface area contributed by atoms with Crippen LogP contribution in [0.5, 0.6) is 0 Å². The third kappa shape index (κ3) is 4.34. The van der Waals surface area contributed by atoms with Gasteiger partial charge in [-0.3, -0.25) is 9.59 Å². The maximum absolute atomic E-state index is 13.0. The SMILES string of the molecule is CCCC(=O)N1CCC(C(=O)N(c2ccccc2)C(C)C)CC1. The molecule has 0 bridgehead atoms. The van der Waals surface area contributed by atoms with E-state index >= 15 is 0 Å². The molecule has 126 valence electrons. The van der Waals surface area contributed by atoms with Crippen molar-refractivity contribution in [3.05, 3.63) is 30.3 Å². The van der Waals surface area contributed by atoms with Crippen LogP contribution in [0.1, 0.15) is 46.5 Å². The summed E-state index contributed by atoms with van der Waals surface area (Å²) in [7, 11) is 0. The Bertz CT molecular complexity index is 519. The van der Waals surface area contributed by atoms with Gasteiger partial charge in [-0.2, -0.15) is 0 Å². The highest BCUT2D eigenvalue weighted by Crippen LogP contribution is 2.25. The molecule has 4 heteroatoms. The second kappa shape index (κ2) is 8.14. The van der Waals surface area contributed by atoms with Crippen LogP contribution in [-0.4, -0.2) is 35.8 Å². The summed E-state index contributed by atoms with van der Waals surface area (Å²) >= 11 is 0. The van der Waals surface area contributed by atoms with Gasteiger partial charge in [0.15, 0.2) is 0 Å². The normalized spacial score (nSPS) is 15.7. The van der Waals surface area contributed by atoms with Gasteiger partial charge < -0.3 is 9.80 Å². The van der Waals surface area contributed by atoms with Crippen LogP contribution in [0.3, 0.4) is 0 Å². The molecule has 1 saturated heterocycles. The van der Waals surface area contributed by atoms with E-state index in [0.717, 1.165) is 24.9 Å². The highest BCUT2D eigenvalue weighted by Gasteiger charge is 2.31. The second-order valence-electron chi connectivity index (χ2n) is 6.54. The zero-order valence-corrected chi connectivity index (χ0v) is 14.5. The molecule has 23 heavy (non-hydrogen) atoms. The van der Waals surface area contributed by atoms with Gasteiger partial charge in [0.1, 0.15) is 0 Å². The standard InChI is InChI=1S/C19H28N2O2/c1-4-8-18(22)20-13-11-16(12-14-20)19(23)21(15(2)3)17-9-6-5-7-10-17/h5-7,9-10,15-16H,4,8,11-14H2,1-3H3. The summed E-state index contributed by atoms with van der Waals surface area (Å²) in [4.78, 5) is 28.7. The summed E-state index contributed by atoms with van der Waals surface area (Å²) < 4.78 is 0. The fourth-order valence-corrected chi connectivity index (χ4v) is 3.21. The highest BCUT2D eigenvalue weighted by molar-refractivity contribution is 5.95. The van der Waals surface area contributed by atoms with E-state index in [0.29, 0.717) is 19.5 Å². The number of carbonyl (C=O) groups is 2. The molecular weight excluding hydrogens is 288 g/mol. The number of hydrogen-bond acceptors (Lipinski definition) is 2. The monoisotopic (exact) mass is 316 g/mol. The lowest BCUT2D eigenvalue weighted by molar-refractivity contribution is -0.135. The van der Waals surface area contributed by atoms with Crippen molar-refractivity contribution < 1.29 is 9.59 Å². The highest BCUT2D eigenvalue weighted by atomic mass is 16.2. The number of para-hydroxylation sites is 1. The van der Waals surface area contributed by atoms with Crippen LogP contribution in [0.4, 0.5) is 5.69 Å². The van der Waals surface area contributed by atoms with Crippen LogP contribution in [-0.2, 0) is 9.59 Å². The van der Waals surface area contributed by atoms with E-state index in [-0.39, 0.29) is 23.8 Å². The lowest BCUT2D eigenvalue weighted by Gasteiger charge is -2.36. The van der Waals surface area contributed by atoms with Crippen molar-refractivity contribution in [1.29, 1.82) is 0 Å².